The molecule has 0 aliphatic rings. The Kier molecular flexibility index (Phi) is 2.96. The van der Waals surface area contributed by atoms with Gasteiger partial charge in [0.15, 0.2) is 0 Å². The molecule has 0 saturated carbocycles. The van der Waals surface area contributed by atoms with E-state index in [0.717, 1.165) is 0 Å². The molecule has 0 atom stereocenters. The fourth-order valence-corrected chi connectivity index (χ4v) is 1.51. The van der Waals surface area contributed by atoms with Gasteiger partial charge in [0, 0.05) is 0 Å². The lowest BCUT2D eigenvalue weighted by Gasteiger charge is -2.03. The smallest absolute Gasteiger partial charge is 0.271 e. The summed E-state index contributed by atoms with van der Waals surface area (Å²) in [5, 5.41) is 13.5. The van der Waals surface area contributed by atoms with E-state index in [1.54, 1.807) is 0 Å². The minimum Gasteiger partial charge on any atom is -0.271 e. The first-order valence-electron chi connectivity index (χ1n) is 3.42. The minimum absolute atomic E-state index is 0.168. The van der Waals surface area contributed by atoms with Crippen molar-refractivity contribution in [3.05, 3.63) is 28.8 Å². The van der Waals surface area contributed by atoms with Crippen LogP contribution in [0.15, 0.2) is 18.2 Å². The highest BCUT2D eigenvalue weighted by atomic mass is 35.5. The number of nitrogens with two attached hydrogens (primary N) is 1. The van der Waals surface area contributed by atoms with Crippen LogP contribution in [0.2, 0.25) is 5.02 Å². The number of rotatable bonds is 2. The van der Waals surface area contributed by atoms with Gasteiger partial charge in [0.05, 0.1) is 16.3 Å². The van der Waals surface area contributed by atoms with Crippen molar-refractivity contribution in [2.24, 2.45) is 5.14 Å². The van der Waals surface area contributed by atoms with Crippen LogP contribution in [0.5, 0.6) is 0 Å². The molecule has 3 N–H and O–H groups in total. The predicted molar refractivity (Wildman–Crippen MR) is 52.9 cm³/mol. The molecule has 0 spiro atoms. The highest BCUT2D eigenvalue weighted by molar-refractivity contribution is 7.90. The molecule has 0 aliphatic carbocycles. The molecule has 1 aromatic rings. The van der Waals surface area contributed by atoms with Crippen molar-refractivity contribution in [3.8, 4) is 6.07 Å². The third kappa shape index (κ3) is 2.88. The van der Waals surface area contributed by atoms with Gasteiger partial charge in [-0.2, -0.15) is 13.7 Å². The summed E-state index contributed by atoms with van der Waals surface area (Å²) in [5.41, 5.74) is 0.489. The molecule has 1 rings (SSSR count). The van der Waals surface area contributed by atoms with Crippen molar-refractivity contribution in [2.45, 2.75) is 0 Å². The predicted octanol–water partition coefficient (Wildman–Crippen LogP) is 0.827. The molecule has 1 aromatic carbocycles. The maximum Gasteiger partial charge on any atom is 0.296 e. The summed E-state index contributed by atoms with van der Waals surface area (Å²) in [6.07, 6.45) is 0. The van der Waals surface area contributed by atoms with Crippen LogP contribution in [0.4, 0.5) is 5.69 Å². The van der Waals surface area contributed by atoms with E-state index in [0.29, 0.717) is 0 Å². The second-order valence-corrected chi connectivity index (χ2v) is 4.15. The first-order valence-corrected chi connectivity index (χ1v) is 5.35. The van der Waals surface area contributed by atoms with Crippen LogP contribution < -0.4 is 9.86 Å². The van der Waals surface area contributed by atoms with Gasteiger partial charge in [0.1, 0.15) is 6.07 Å². The molecular formula is C7H6ClN3O2S. The zero-order chi connectivity index (χ0) is 10.8. The van der Waals surface area contributed by atoms with E-state index in [9.17, 15) is 8.42 Å². The van der Waals surface area contributed by atoms with Gasteiger partial charge in [-0.25, -0.2) is 5.14 Å². The molecule has 0 fully saturated rings. The number of hydrogen-bond donors (Lipinski definition) is 2. The van der Waals surface area contributed by atoms with E-state index >= 15 is 0 Å². The fraction of sp³-hybridized carbons (Fsp3) is 0. The number of nitrogens with one attached hydrogen (secondary N) is 1. The Balaban J connectivity index is 3.06. The average Bonchev–Trinajstić information content (AvgIpc) is 2.01. The largest absolute Gasteiger partial charge is 0.296 e. The Bertz CT molecular complexity index is 492. The summed E-state index contributed by atoms with van der Waals surface area (Å²) < 4.78 is 23.3. The van der Waals surface area contributed by atoms with Gasteiger partial charge in [-0.1, -0.05) is 11.6 Å². The van der Waals surface area contributed by atoms with Crippen molar-refractivity contribution in [1.29, 1.82) is 5.26 Å². The zero-order valence-corrected chi connectivity index (χ0v) is 8.43. The number of nitriles is 1. The summed E-state index contributed by atoms with van der Waals surface area (Å²) >= 11 is 5.66. The highest BCUT2D eigenvalue weighted by Gasteiger charge is 2.05. The number of anilines is 1. The lowest BCUT2D eigenvalue weighted by Crippen LogP contribution is -2.21. The summed E-state index contributed by atoms with van der Waals surface area (Å²) in [6, 6.07) is 5.95. The van der Waals surface area contributed by atoms with Gasteiger partial charge in [0.25, 0.3) is 10.2 Å². The summed E-state index contributed by atoms with van der Waals surface area (Å²) in [4.78, 5) is 0. The van der Waals surface area contributed by atoms with E-state index in [4.69, 9.17) is 22.0 Å². The minimum atomic E-state index is -3.81. The first-order chi connectivity index (χ1) is 6.42. The van der Waals surface area contributed by atoms with Crippen LogP contribution in [-0.2, 0) is 10.2 Å². The van der Waals surface area contributed by atoms with Gasteiger partial charge in [0.2, 0.25) is 0 Å². The van der Waals surface area contributed by atoms with Gasteiger partial charge in [-0.15, -0.1) is 0 Å². The molecule has 0 amide bonds. The number of halogens is 1. The van der Waals surface area contributed by atoms with Crippen LogP contribution in [-0.4, -0.2) is 8.42 Å². The van der Waals surface area contributed by atoms with E-state index in [1.807, 2.05) is 10.8 Å². The summed E-state index contributed by atoms with van der Waals surface area (Å²) in [6.45, 7) is 0. The van der Waals surface area contributed by atoms with Gasteiger partial charge in [-0.3, -0.25) is 4.72 Å². The van der Waals surface area contributed by atoms with Crippen LogP contribution in [0, 0.1) is 11.3 Å². The molecule has 0 heterocycles. The van der Waals surface area contributed by atoms with Crippen molar-refractivity contribution < 1.29 is 8.42 Å². The van der Waals surface area contributed by atoms with E-state index in [2.05, 4.69) is 0 Å². The molecule has 14 heavy (non-hydrogen) atoms. The second-order valence-electron chi connectivity index (χ2n) is 2.45. The Labute approximate surface area is 86.3 Å². The lowest BCUT2D eigenvalue weighted by molar-refractivity contribution is 0.603. The standard InChI is InChI=1S/C7H6ClN3O2S/c8-7-3-6(11-14(10,12)13)2-1-5(7)4-9/h1-3,11H,(H2,10,12,13). The normalized spacial score (nSPS) is 10.6. The quantitative estimate of drug-likeness (QED) is 0.789. The fourth-order valence-electron chi connectivity index (χ4n) is 0.834. The summed E-state index contributed by atoms with van der Waals surface area (Å²) in [5.74, 6) is 0. The number of benzene rings is 1. The molecule has 0 saturated heterocycles. The number of hydrogen-bond acceptors (Lipinski definition) is 3. The SMILES string of the molecule is N#Cc1ccc(NS(N)(=O)=O)cc1Cl. The Morgan fingerprint density at radius 2 is 2.14 bits per heavy atom. The van der Waals surface area contributed by atoms with Gasteiger partial charge >= 0.3 is 0 Å². The van der Waals surface area contributed by atoms with Crippen molar-refractivity contribution >= 4 is 27.5 Å². The molecule has 0 aromatic heterocycles. The third-order valence-electron chi connectivity index (χ3n) is 1.35. The van der Waals surface area contributed by atoms with Crippen LogP contribution >= 0.6 is 11.6 Å². The molecule has 7 heteroatoms. The van der Waals surface area contributed by atoms with Gasteiger partial charge in [-0.05, 0) is 18.2 Å². The highest BCUT2D eigenvalue weighted by Crippen LogP contribution is 2.20. The second kappa shape index (κ2) is 3.84. The molecule has 0 radical (unpaired) electrons. The number of nitrogens with zero attached hydrogens (tertiary/aromatic N) is 1. The van der Waals surface area contributed by atoms with Crippen molar-refractivity contribution in [3.63, 3.8) is 0 Å². The Morgan fingerprint density at radius 3 is 2.57 bits per heavy atom. The summed E-state index contributed by atoms with van der Waals surface area (Å²) in [7, 11) is -3.81. The third-order valence-corrected chi connectivity index (χ3v) is 2.18. The van der Waals surface area contributed by atoms with Crippen molar-refractivity contribution in [2.75, 3.05) is 4.72 Å². The maximum absolute atomic E-state index is 10.6. The van der Waals surface area contributed by atoms with Crippen LogP contribution in [0.25, 0.3) is 0 Å². The zero-order valence-electron chi connectivity index (χ0n) is 6.86. The van der Waals surface area contributed by atoms with E-state index in [1.165, 1.54) is 18.2 Å². The lowest BCUT2D eigenvalue weighted by atomic mass is 10.2. The van der Waals surface area contributed by atoms with Crippen molar-refractivity contribution in [1.82, 2.24) is 0 Å². The molecular weight excluding hydrogens is 226 g/mol. The van der Waals surface area contributed by atoms with Gasteiger partial charge < -0.3 is 0 Å². The molecule has 0 bridgehead atoms. The molecule has 5 nitrogen and oxygen atoms in total. The Hall–Kier alpha value is -1.29. The molecule has 0 aliphatic heterocycles. The topological polar surface area (TPSA) is 96.0 Å². The van der Waals surface area contributed by atoms with E-state index < -0.39 is 10.2 Å². The molecule has 74 valence electrons. The first kappa shape index (κ1) is 10.8. The maximum atomic E-state index is 10.6. The van der Waals surface area contributed by atoms with Crippen LogP contribution in [0.3, 0.4) is 0 Å². The van der Waals surface area contributed by atoms with Crippen LogP contribution in [0.1, 0.15) is 5.56 Å². The molecule has 0 unspecified atom stereocenters. The van der Waals surface area contributed by atoms with E-state index in [-0.39, 0.29) is 16.3 Å². The average molecular weight is 232 g/mol. The Morgan fingerprint density at radius 1 is 1.50 bits per heavy atom. The monoisotopic (exact) mass is 231 g/mol.